The minimum Gasteiger partial charge on any atom is -0.336 e. The van der Waals surface area contributed by atoms with Crippen molar-refractivity contribution < 1.29 is 4.79 Å². The van der Waals surface area contributed by atoms with Gasteiger partial charge >= 0.3 is 0 Å². The molecule has 0 aliphatic carbocycles. The van der Waals surface area contributed by atoms with E-state index in [1.165, 1.54) is 11.1 Å². The van der Waals surface area contributed by atoms with Gasteiger partial charge in [0, 0.05) is 50.7 Å². The molecule has 5 heteroatoms. The van der Waals surface area contributed by atoms with Gasteiger partial charge in [-0.05, 0) is 41.8 Å². The molecule has 2 heterocycles. The number of piperazine rings is 1. The molecule has 0 saturated carbocycles. The number of carbonyl (C=O) groups excluding carboxylic acids is 1. The van der Waals surface area contributed by atoms with Gasteiger partial charge in [-0.2, -0.15) is 5.10 Å². The van der Waals surface area contributed by atoms with Crippen molar-refractivity contribution in [1.29, 1.82) is 0 Å². The molecule has 1 aliphatic heterocycles. The topological polar surface area (TPSA) is 41.4 Å². The second kappa shape index (κ2) is 8.40. The van der Waals surface area contributed by atoms with E-state index in [1.54, 1.807) is 6.20 Å². The van der Waals surface area contributed by atoms with Crippen molar-refractivity contribution >= 4 is 5.91 Å². The third kappa shape index (κ3) is 4.31. The third-order valence-corrected chi connectivity index (χ3v) is 5.39. The Morgan fingerprint density at radius 3 is 2.54 bits per heavy atom. The Balaban J connectivity index is 1.35. The first-order valence-corrected chi connectivity index (χ1v) is 9.81. The van der Waals surface area contributed by atoms with E-state index in [-0.39, 0.29) is 5.91 Å². The predicted molar refractivity (Wildman–Crippen MR) is 110 cm³/mol. The fourth-order valence-corrected chi connectivity index (χ4v) is 3.70. The minimum atomic E-state index is 0.123. The van der Waals surface area contributed by atoms with Gasteiger partial charge in [-0.3, -0.25) is 14.4 Å². The lowest BCUT2D eigenvalue weighted by molar-refractivity contribution is 0.0628. The number of rotatable bonds is 5. The summed E-state index contributed by atoms with van der Waals surface area (Å²) in [5, 5.41) is 4.24. The average molecular weight is 374 g/mol. The zero-order valence-electron chi connectivity index (χ0n) is 16.3. The Morgan fingerprint density at radius 2 is 1.79 bits per heavy atom. The summed E-state index contributed by atoms with van der Waals surface area (Å²) in [5.74, 6) is 0.123. The van der Waals surface area contributed by atoms with E-state index in [0.29, 0.717) is 6.54 Å². The van der Waals surface area contributed by atoms with Gasteiger partial charge in [0.25, 0.3) is 5.91 Å². The lowest BCUT2D eigenvalue weighted by Gasteiger charge is -2.35. The lowest BCUT2D eigenvalue weighted by atomic mass is 10.1. The molecule has 0 bridgehead atoms. The van der Waals surface area contributed by atoms with Crippen LogP contribution in [-0.2, 0) is 13.1 Å². The molecule has 0 radical (unpaired) electrons. The summed E-state index contributed by atoms with van der Waals surface area (Å²) in [6.45, 7) is 7.15. The molecule has 144 valence electrons. The molecule has 0 spiro atoms. The number of hydrogen-bond donors (Lipinski definition) is 0. The SMILES string of the molecule is Cc1ccccc1CN1CCN(C(=O)c2cccc(Cn3cccn3)c2)CC1. The molecule has 0 unspecified atom stereocenters. The molecular formula is C23H26N4O. The quantitative estimate of drug-likeness (QED) is 0.689. The largest absolute Gasteiger partial charge is 0.336 e. The highest BCUT2D eigenvalue weighted by atomic mass is 16.2. The van der Waals surface area contributed by atoms with Crippen LogP contribution in [0.15, 0.2) is 67.0 Å². The molecule has 1 saturated heterocycles. The number of aromatic nitrogens is 2. The number of hydrogen-bond acceptors (Lipinski definition) is 3. The van der Waals surface area contributed by atoms with Crippen LogP contribution >= 0.6 is 0 Å². The van der Waals surface area contributed by atoms with Crippen molar-refractivity contribution in [3.63, 3.8) is 0 Å². The van der Waals surface area contributed by atoms with Gasteiger partial charge in [0.15, 0.2) is 0 Å². The second-order valence-electron chi connectivity index (χ2n) is 7.40. The highest BCUT2D eigenvalue weighted by Gasteiger charge is 2.22. The summed E-state index contributed by atoms with van der Waals surface area (Å²) in [6.07, 6.45) is 3.70. The molecule has 0 atom stereocenters. The first kappa shape index (κ1) is 18.4. The molecule has 1 amide bonds. The molecule has 1 fully saturated rings. The average Bonchev–Trinajstić information content (AvgIpc) is 3.23. The summed E-state index contributed by atoms with van der Waals surface area (Å²) in [4.78, 5) is 17.4. The van der Waals surface area contributed by atoms with E-state index in [4.69, 9.17) is 0 Å². The van der Waals surface area contributed by atoms with Crippen LogP contribution in [0, 0.1) is 6.92 Å². The normalized spacial score (nSPS) is 15.0. The number of aryl methyl sites for hydroxylation is 1. The van der Waals surface area contributed by atoms with Crippen LogP contribution in [0.25, 0.3) is 0 Å². The number of nitrogens with zero attached hydrogens (tertiary/aromatic N) is 4. The van der Waals surface area contributed by atoms with Gasteiger partial charge in [0.2, 0.25) is 0 Å². The van der Waals surface area contributed by atoms with Crippen molar-refractivity contribution in [3.05, 3.63) is 89.2 Å². The molecular weight excluding hydrogens is 348 g/mol. The highest BCUT2D eigenvalue weighted by Crippen LogP contribution is 2.15. The van der Waals surface area contributed by atoms with Gasteiger partial charge in [-0.25, -0.2) is 0 Å². The molecule has 4 rings (SSSR count). The van der Waals surface area contributed by atoms with Gasteiger partial charge in [0.05, 0.1) is 6.54 Å². The zero-order valence-corrected chi connectivity index (χ0v) is 16.3. The summed E-state index contributed by atoms with van der Waals surface area (Å²) >= 11 is 0. The van der Waals surface area contributed by atoms with E-state index >= 15 is 0 Å². The Labute approximate surface area is 166 Å². The van der Waals surface area contributed by atoms with Crippen LogP contribution in [0.2, 0.25) is 0 Å². The second-order valence-corrected chi connectivity index (χ2v) is 7.40. The zero-order chi connectivity index (χ0) is 19.3. The number of carbonyl (C=O) groups is 1. The van der Waals surface area contributed by atoms with E-state index in [9.17, 15) is 4.79 Å². The van der Waals surface area contributed by atoms with Crippen LogP contribution in [-0.4, -0.2) is 51.7 Å². The van der Waals surface area contributed by atoms with Gasteiger partial charge in [-0.1, -0.05) is 36.4 Å². The molecule has 28 heavy (non-hydrogen) atoms. The number of benzene rings is 2. The van der Waals surface area contributed by atoms with Crippen molar-refractivity contribution in [1.82, 2.24) is 19.6 Å². The van der Waals surface area contributed by atoms with Crippen LogP contribution in [0.1, 0.15) is 27.0 Å². The first-order chi connectivity index (χ1) is 13.7. The molecule has 0 N–H and O–H groups in total. The highest BCUT2D eigenvalue weighted by molar-refractivity contribution is 5.94. The maximum Gasteiger partial charge on any atom is 0.253 e. The summed E-state index contributed by atoms with van der Waals surface area (Å²) in [5.41, 5.74) is 4.55. The smallest absolute Gasteiger partial charge is 0.253 e. The first-order valence-electron chi connectivity index (χ1n) is 9.81. The van der Waals surface area contributed by atoms with Crippen LogP contribution in [0.3, 0.4) is 0 Å². The molecule has 1 aliphatic rings. The molecule has 1 aromatic heterocycles. The summed E-state index contributed by atoms with van der Waals surface area (Å²) in [6, 6.07) is 18.3. The standard InChI is InChI=1S/C23H26N4O/c1-19-6-2-3-8-22(19)18-25-12-14-26(15-13-25)23(28)21-9-4-7-20(16-21)17-27-11-5-10-24-27/h2-11,16H,12-15,17-18H2,1H3. The fraction of sp³-hybridized carbons (Fsp3) is 0.304. The summed E-state index contributed by atoms with van der Waals surface area (Å²) in [7, 11) is 0. The lowest BCUT2D eigenvalue weighted by Crippen LogP contribution is -2.48. The van der Waals surface area contributed by atoms with Crippen molar-refractivity contribution in [2.45, 2.75) is 20.0 Å². The van der Waals surface area contributed by atoms with E-state index < -0.39 is 0 Å². The Kier molecular flexibility index (Phi) is 5.53. The van der Waals surface area contributed by atoms with Crippen molar-refractivity contribution in [3.8, 4) is 0 Å². The van der Waals surface area contributed by atoms with E-state index in [1.807, 2.05) is 46.1 Å². The third-order valence-electron chi connectivity index (χ3n) is 5.39. The molecule has 2 aromatic carbocycles. The maximum atomic E-state index is 13.0. The maximum absolute atomic E-state index is 13.0. The monoisotopic (exact) mass is 374 g/mol. The fourth-order valence-electron chi connectivity index (χ4n) is 3.70. The molecule has 5 nitrogen and oxygen atoms in total. The van der Waals surface area contributed by atoms with Crippen LogP contribution in [0.4, 0.5) is 0 Å². The minimum absolute atomic E-state index is 0.123. The number of amides is 1. The van der Waals surface area contributed by atoms with Gasteiger partial charge in [0.1, 0.15) is 0 Å². The van der Waals surface area contributed by atoms with Crippen LogP contribution in [0.5, 0.6) is 0 Å². The van der Waals surface area contributed by atoms with Crippen molar-refractivity contribution in [2.75, 3.05) is 26.2 Å². The molecule has 3 aromatic rings. The van der Waals surface area contributed by atoms with E-state index in [0.717, 1.165) is 43.9 Å². The van der Waals surface area contributed by atoms with Gasteiger partial charge in [-0.15, -0.1) is 0 Å². The summed E-state index contributed by atoms with van der Waals surface area (Å²) < 4.78 is 1.87. The predicted octanol–water partition coefficient (Wildman–Crippen LogP) is 3.20. The Morgan fingerprint density at radius 1 is 0.964 bits per heavy atom. The Hall–Kier alpha value is -2.92. The van der Waals surface area contributed by atoms with E-state index in [2.05, 4.69) is 41.2 Å². The van der Waals surface area contributed by atoms with Crippen LogP contribution < -0.4 is 0 Å². The Bertz CT molecular complexity index is 927. The van der Waals surface area contributed by atoms with Crippen molar-refractivity contribution in [2.24, 2.45) is 0 Å². The van der Waals surface area contributed by atoms with Gasteiger partial charge < -0.3 is 4.90 Å².